The lowest BCUT2D eigenvalue weighted by molar-refractivity contribution is 0.243. The van der Waals surface area contributed by atoms with E-state index in [0.717, 1.165) is 28.2 Å². The Morgan fingerprint density at radius 3 is 2.76 bits per heavy atom. The van der Waals surface area contributed by atoms with E-state index in [1.54, 1.807) is 6.33 Å². The first-order valence-corrected chi connectivity index (χ1v) is 6.92. The monoisotopic (exact) mass is 282 g/mol. The third-order valence-electron chi connectivity index (χ3n) is 3.07. The van der Waals surface area contributed by atoms with Crippen LogP contribution in [-0.2, 0) is 7.05 Å². The number of anilines is 2. The third-order valence-corrected chi connectivity index (χ3v) is 3.07. The topological polar surface area (TPSA) is 52.0 Å². The Hall–Kier alpha value is -2.56. The van der Waals surface area contributed by atoms with E-state index in [-0.39, 0.29) is 6.10 Å². The molecule has 2 heterocycles. The van der Waals surface area contributed by atoms with E-state index in [1.165, 1.54) is 0 Å². The molecule has 0 amide bonds. The van der Waals surface area contributed by atoms with Crippen LogP contribution in [0.5, 0.6) is 5.75 Å². The molecule has 0 fully saturated rings. The number of hydrogen-bond acceptors (Lipinski definition) is 4. The van der Waals surface area contributed by atoms with Gasteiger partial charge in [-0.15, -0.1) is 0 Å². The van der Waals surface area contributed by atoms with Gasteiger partial charge in [-0.3, -0.25) is 0 Å². The first-order valence-electron chi connectivity index (χ1n) is 6.92. The quantitative estimate of drug-likeness (QED) is 0.795. The highest BCUT2D eigenvalue weighted by Crippen LogP contribution is 2.27. The molecule has 3 rings (SSSR count). The summed E-state index contributed by atoms with van der Waals surface area (Å²) in [4.78, 5) is 8.64. The molecule has 0 aliphatic carbocycles. The number of hydrogen-bond donors (Lipinski definition) is 1. The maximum absolute atomic E-state index is 5.74. The van der Waals surface area contributed by atoms with Crippen molar-refractivity contribution in [1.29, 1.82) is 0 Å². The van der Waals surface area contributed by atoms with Crippen molar-refractivity contribution in [2.24, 2.45) is 7.05 Å². The highest BCUT2D eigenvalue weighted by Gasteiger charge is 2.07. The first kappa shape index (κ1) is 13.4. The summed E-state index contributed by atoms with van der Waals surface area (Å²) in [6.45, 7) is 4.02. The van der Waals surface area contributed by atoms with Gasteiger partial charge in [0.05, 0.1) is 17.3 Å². The largest absolute Gasteiger partial charge is 0.491 e. The molecule has 0 saturated heterocycles. The SMILES string of the molecule is CC(C)Oc1ccc2ncnc(Nc3ccn(C)c3)c2c1. The third kappa shape index (κ3) is 2.97. The van der Waals surface area contributed by atoms with Crippen molar-refractivity contribution in [3.63, 3.8) is 0 Å². The number of aryl methyl sites for hydroxylation is 1. The molecule has 21 heavy (non-hydrogen) atoms. The number of fused-ring (bicyclic) bond motifs is 1. The van der Waals surface area contributed by atoms with Crippen LogP contribution < -0.4 is 10.1 Å². The van der Waals surface area contributed by atoms with Gasteiger partial charge in [-0.25, -0.2) is 9.97 Å². The Morgan fingerprint density at radius 1 is 1.19 bits per heavy atom. The normalized spacial score (nSPS) is 11.0. The molecular formula is C16H18N4O. The lowest BCUT2D eigenvalue weighted by Crippen LogP contribution is -2.05. The summed E-state index contributed by atoms with van der Waals surface area (Å²) in [6, 6.07) is 7.86. The Bertz CT molecular complexity index is 764. The average molecular weight is 282 g/mol. The van der Waals surface area contributed by atoms with Gasteiger partial charge in [0.1, 0.15) is 17.9 Å². The van der Waals surface area contributed by atoms with Gasteiger partial charge >= 0.3 is 0 Å². The molecule has 1 N–H and O–H groups in total. The molecule has 0 atom stereocenters. The fourth-order valence-corrected chi connectivity index (χ4v) is 2.19. The minimum Gasteiger partial charge on any atom is -0.491 e. The molecule has 0 saturated carbocycles. The minimum atomic E-state index is 0.137. The Kier molecular flexibility index (Phi) is 3.48. The van der Waals surface area contributed by atoms with Gasteiger partial charge in [0, 0.05) is 24.8 Å². The van der Waals surface area contributed by atoms with E-state index >= 15 is 0 Å². The molecule has 0 unspecified atom stereocenters. The molecule has 0 aliphatic rings. The van der Waals surface area contributed by atoms with Gasteiger partial charge in [0.2, 0.25) is 0 Å². The molecule has 0 spiro atoms. The molecular weight excluding hydrogens is 264 g/mol. The molecule has 5 heteroatoms. The summed E-state index contributed by atoms with van der Waals surface area (Å²) < 4.78 is 7.73. The van der Waals surface area contributed by atoms with Crippen molar-refractivity contribution in [1.82, 2.24) is 14.5 Å². The van der Waals surface area contributed by atoms with Gasteiger partial charge < -0.3 is 14.6 Å². The van der Waals surface area contributed by atoms with Crippen LogP contribution in [-0.4, -0.2) is 20.6 Å². The van der Waals surface area contributed by atoms with E-state index in [0.29, 0.717) is 0 Å². The van der Waals surface area contributed by atoms with E-state index in [1.807, 2.05) is 62.1 Å². The van der Waals surface area contributed by atoms with E-state index in [2.05, 4.69) is 15.3 Å². The molecule has 1 aromatic carbocycles. The molecule has 0 aliphatic heterocycles. The van der Waals surface area contributed by atoms with Crippen LogP contribution in [0.3, 0.4) is 0 Å². The second-order valence-corrected chi connectivity index (χ2v) is 5.26. The zero-order valence-electron chi connectivity index (χ0n) is 12.4. The highest BCUT2D eigenvalue weighted by atomic mass is 16.5. The second-order valence-electron chi connectivity index (χ2n) is 5.26. The van der Waals surface area contributed by atoms with Crippen LogP contribution in [0.1, 0.15) is 13.8 Å². The summed E-state index contributed by atoms with van der Waals surface area (Å²) in [5.41, 5.74) is 1.88. The van der Waals surface area contributed by atoms with E-state index in [4.69, 9.17) is 4.74 Å². The Morgan fingerprint density at radius 2 is 2.05 bits per heavy atom. The van der Waals surface area contributed by atoms with E-state index in [9.17, 15) is 0 Å². The van der Waals surface area contributed by atoms with Crippen molar-refractivity contribution < 1.29 is 4.74 Å². The first-order chi connectivity index (χ1) is 10.1. The Labute approximate surface area is 123 Å². The number of nitrogens with zero attached hydrogens (tertiary/aromatic N) is 3. The van der Waals surface area contributed by atoms with Crippen molar-refractivity contribution in [3.8, 4) is 5.75 Å². The summed E-state index contributed by atoms with van der Waals surface area (Å²) in [5, 5.41) is 4.26. The van der Waals surface area contributed by atoms with Crippen LogP contribution in [0, 0.1) is 0 Å². The van der Waals surface area contributed by atoms with E-state index < -0.39 is 0 Å². The van der Waals surface area contributed by atoms with Gasteiger partial charge in [-0.1, -0.05) is 0 Å². The highest BCUT2D eigenvalue weighted by molar-refractivity contribution is 5.91. The smallest absolute Gasteiger partial charge is 0.141 e. The van der Waals surface area contributed by atoms with Crippen LogP contribution in [0.25, 0.3) is 10.9 Å². The lowest BCUT2D eigenvalue weighted by Gasteiger charge is -2.11. The standard InChI is InChI=1S/C16H18N4O/c1-11(2)21-13-4-5-15-14(8-13)16(18-10-17-15)19-12-6-7-20(3)9-12/h4-11H,1-3H3,(H,17,18,19). The summed E-state index contributed by atoms with van der Waals surface area (Å²) in [5.74, 6) is 1.60. The maximum Gasteiger partial charge on any atom is 0.141 e. The number of nitrogens with one attached hydrogen (secondary N) is 1. The van der Waals surface area contributed by atoms with Gasteiger partial charge in [-0.2, -0.15) is 0 Å². The van der Waals surface area contributed by atoms with Crippen molar-refractivity contribution in [2.45, 2.75) is 20.0 Å². The number of rotatable bonds is 4. The second kappa shape index (κ2) is 5.44. The zero-order valence-corrected chi connectivity index (χ0v) is 12.4. The van der Waals surface area contributed by atoms with Crippen LogP contribution in [0.2, 0.25) is 0 Å². The lowest BCUT2D eigenvalue weighted by atomic mass is 10.2. The maximum atomic E-state index is 5.74. The molecule has 108 valence electrons. The molecule has 3 aromatic rings. The molecule has 2 aromatic heterocycles. The van der Waals surface area contributed by atoms with Crippen LogP contribution >= 0.6 is 0 Å². The average Bonchev–Trinajstić information content (AvgIpc) is 2.84. The van der Waals surface area contributed by atoms with Crippen molar-refractivity contribution in [3.05, 3.63) is 43.0 Å². The predicted molar refractivity (Wildman–Crippen MR) is 84.0 cm³/mol. The predicted octanol–water partition coefficient (Wildman–Crippen LogP) is 3.50. The molecule has 5 nitrogen and oxygen atoms in total. The summed E-state index contributed by atoms with van der Waals surface area (Å²) >= 11 is 0. The number of aromatic nitrogens is 3. The van der Waals surface area contributed by atoms with Crippen LogP contribution in [0.4, 0.5) is 11.5 Å². The summed E-state index contributed by atoms with van der Waals surface area (Å²) in [6.07, 6.45) is 5.69. The molecule has 0 radical (unpaired) electrons. The van der Waals surface area contributed by atoms with Gasteiger partial charge in [-0.05, 0) is 38.1 Å². The van der Waals surface area contributed by atoms with Crippen LogP contribution in [0.15, 0.2) is 43.0 Å². The van der Waals surface area contributed by atoms with Crippen molar-refractivity contribution >= 4 is 22.4 Å². The fraction of sp³-hybridized carbons (Fsp3) is 0.250. The number of benzene rings is 1. The van der Waals surface area contributed by atoms with Crippen molar-refractivity contribution in [2.75, 3.05) is 5.32 Å². The van der Waals surface area contributed by atoms with Gasteiger partial charge in [0.25, 0.3) is 0 Å². The Balaban J connectivity index is 2.00. The zero-order chi connectivity index (χ0) is 14.8. The van der Waals surface area contributed by atoms with Gasteiger partial charge in [0.15, 0.2) is 0 Å². The number of ether oxygens (including phenoxy) is 1. The molecule has 0 bridgehead atoms. The summed E-state index contributed by atoms with van der Waals surface area (Å²) in [7, 11) is 1.98. The fourth-order valence-electron chi connectivity index (χ4n) is 2.19. The minimum absolute atomic E-state index is 0.137.